The number of sulfonamides is 1. The fraction of sp³-hybridized carbons (Fsp3) is 1.00. The normalized spacial score (nSPS) is 28.4. The molecule has 0 bridgehead atoms. The summed E-state index contributed by atoms with van der Waals surface area (Å²) in [5, 5.41) is 0. The summed E-state index contributed by atoms with van der Waals surface area (Å²) in [6.07, 6.45) is 5.69. The van der Waals surface area contributed by atoms with Crippen molar-refractivity contribution in [2.45, 2.75) is 38.1 Å². The van der Waals surface area contributed by atoms with E-state index in [0.29, 0.717) is 37.3 Å². The number of halogens is 1. The van der Waals surface area contributed by atoms with Gasteiger partial charge in [-0.05, 0) is 18.8 Å². The molecule has 2 rings (SSSR count). The number of rotatable bonds is 4. The molecular formula is C12H22ClNO3S. The van der Waals surface area contributed by atoms with E-state index in [4.69, 9.17) is 16.3 Å². The number of morpholine rings is 1. The first-order valence-corrected chi connectivity index (χ1v) is 8.91. The molecule has 1 atom stereocenters. The topological polar surface area (TPSA) is 46.6 Å². The van der Waals surface area contributed by atoms with Crippen LogP contribution in [-0.4, -0.2) is 50.2 Å². The molecule has 0 amide bonds. The molecule has 0 N–H and O–H groups in total. The second kappa shape index (κ2) is 6.55. The van der Waals surface area contributed by atoms with Crippen molar-refractivity contribution in [3.8, 4) is 0 Å². The van der Waals surface area contributed by atoms with Crippen LogP contribution in [0.2, 0.25) is 0 Å². The predicted octanol–water partition coefficient (Wildman–Crippen LogP) is 1.84. The van der Waals surface area contributed by atoms with E-state index in [2.05, 4.69) is 0 Å². The Kier molecular flexibility index (Phi) is 5.30. The molecule has 0 spiro atoms. The van der Waals surface area contributed by atoms with E-state index in [1.165, 1.54) is 19.3 Å². The Bertz CT molecular complexity index is 354. The lowest BCUT2D eigenvalue weighted by Crippen LogP contribution is -2.51. The SMILES string of the molecule is O=S(=O)(CC1CCCCC1)N1CCOCC1CCl. The second-order valence-electron chi connectivity index (χ2n) is 5.28. The summed E-state index contributed by atoms with van der Waals surface area (Å²) in [7, 11) is -3.18. The first kappa shape index (κ1) is 14.6. The minimum Gasteiger partial charge on any atom is -0.378 e. The quantitative estimate of drug-likeness (QED) is 0.744. The first-order valence-electron chi connectivity index (χ1n) is 6.76. The monoisotopic (exact) mass is 295 g/mol. The summed E-state index contributed by atoms with van der Waals surface area (Å²) in [4.78, 5) is 0. The number of hydrogen-bond donors (Lipinski definition) is 0. The van der Waals surface area contributed by atoms with Crippen LogP contribution in [0.15, 0.2) is 0 Å². The maximum absolute atomic E-state index is 12.4. The van der Waals surface area contributed by atoms with Gasteiger partial charge in [-0.15, -0.1) is 11.6 Å². The highest BCUT2D eigenvalue weighted by molar-refractivity contribution is 7.89. The Balaban J connectivity index is 1.99. The van der Waals surface area contributed by atoms with E-state index < -0.39 is 10.0 Å². The number of ether oxygens (including phenoxy) is 1. The molecule has 1 heterocycles. The average molecular weight is 296 g/mol. The van der Waals surface area contributed by atoms with Gasteiger partial charge in [0.15, 0.2) is 0 Å². The molecule has 1 saturated carbocycles. The van der Waals surface area contributed by atoms with Crippen molar-refractivity contribution >= 4 is 21.6 Å². The van der Waals surface area contributed by atoms with Crippen LogP contribution in [-0.2, 0) is 14.8 Å². The van der Waals surface area contributed by atoms with Crippen molar-refractivity contribution < 1.29 is 13.2 Å². The fourth-order valence-corrected chi connectivity index (χ4v) is 5.28. The molecule has 4 nitrogen and oxygen atoms in total. The van der Waals surface area contributed by atoms with Crippen molar-refractivity contribution in [1.82, 2.24) is 4.31 Å². The molecule has 2 fully saturated rings. The van der Waals surface area contributed by atoms with Gasteiger partial charge in [-0.2, -0.15) is 4.31 Å². The number of nitrogens with zero attached hydrogens (tertiary/aromatic N) is 1. The maximum Gasteiger partial charge on any atom is 0.214 e. The van der Waals surface area contributed by atoms with Gasteiger partial charge in [-0.25, -0.2) is 8.42 Å². The van der Waals surface area contributed by atoms with Gasteiger partial charge in [-0.3, -0.25) is 0 Å². The molecule has 0 radical (unpaired) electrons. The summed E-state index contributed by atoms with van der Waals surface area (Å²) in [6, 6.07) is -0.186. The van der Waals surface area contributed by atoms with Crippen molar-refractivity contribution in [1.29, 1.82) is 0 Å². The predicted molar refractivity (Wildman–Crippen MR) is 72.4 cm³/mol. The van der Waals surface area contributed by atoms with Crippen molar-refractivity contribution in [3.05, 3.63) is 0 Å². The van der Waals surface area contributed by atoms with Crippen LogP contribution >= 0.6 is 11.6 Å². The Labute approximate surface area is 115 Å². The fourth-order valence-electron chi connectivity index (χ4n) is 2.87. The van der Waals surface area contributed by atoms with Crippen molar-refractivity contribution in [3.63, 3.8) is 0 Å². The summed E-state index contributed by atoms with van der Waals surface area (Å²) in [5.74, 6) is 0.937. The van der Waals surface area contributed by atoms with Gasteiger partial charge in [0.1, 0.15) is 0 Å². The van der Waals surface area contributed by atoms with Gasteiger partial charge in [0.2, 0.25) is 10.0 Å². The van der Waals surface area contributed by atoms with Gasteiger partial charge in [0, 0.05) is 12.4 Å². The highest BCUT2D eigenvalue weighted by Crippen LogP contribution is 2.26. The van der Waals surface area contributed by atoms with Crippen LogP contribution in [0.1, 0.15) is 32.1 Å². The summed E-state index contributed by atoms with van der Waals surface area (Å²) < 4.78 is 31.7. The third-order valence-corrected chi connectivity index (χ3v) is 6.32. The zero-order chi connectivity index (χ0) is 13.0. The largest absolute Gasteiger partial charge is 0.378 e. The number of alkyl halides is 1. The lowest BCUT2D eigenvalue weighted by atomic mass is 9.91. The van der Waals surface area contributed by atoms with E-state index in [0.717, 1.165) is 12.8 Å². The summed E-state index contributed by atoms with van der Waals surface area (Å²) in [6.45, 7) is 1.36. The third kappa shape index (κ3) is 3.59. The summed E-state index contributed by atoms with van der Waals surface area (Å²) in [5.41, 5.74) is 0. The Morgan fingerprint density at radius 3 is 2.61 bits per heavy atom. The lowest BCUT2D eigenvalue weighted by molar-refractivity contribution is 0.0402. The first-order chi connectivity index (χ1) is 8.63. The van der Waals surface area contributed by atoms with E-state index in [-0.39, 0.29) is 6.04 Å². The molecule has 1 saturated heterocycles. The van der Waals surface area contributed by atoms with Crippen LogP contribution in [0.25, 0.3) is 0 Å². The molecule has 0 aromatic heterocycles. The van der Waals surface area contributed by atoms with Crippen LogP contribution in [0.3, 0.4) is 0 Å². The molecule has 1 aliphatic heterocycles. The molecule has 1 unspecified atom stereocenters. The Morgan fingerprint density at radius 1 is 1.22 bits per heavy atom. The highest BCUT2D eigenvalue weighted by Gasteiger charge is 2.34. The third-order valence-electron chi connectivity index (χ3n) is 3.88. The number of hydrogen-bond acceptors (Lipinski definition) is 3. The van der Waals surface area contributed by atoms with Crippen LogP contribution in [0, 0.1) is 5.92 Å². The van der Waals surface area contributed by atoms with Crippen molar-refractivity contribution in [2.24, 2.45) is 5.92 Å². The summed E-state index contributed by atoms with van der Waals surface area (Å²) >= 11 is 5.84. The second-order valence-corrected chi connectivity index (χ2v) is 7.55. The van der Waals surface area contributed by atoms with Crippen LogP contribution < -0.4 is 0 Å². The van der Waals surface area contributed by atoms with Gasteiger partial charge in [-0.1, -0.05) is 19.3 Å². The van der Waals surface area contributed by atoms with Gasteiger partial charge in [0.25, 0.3) is 0 Å². The molecule has 18 heavy (non-hydrogen) atoms. The maximum atomic E-state index is 12.4. The molecule has 6 heteroatoms. The molecule has 0 aromatic rings. The molecule has 0 aromatic carbocycles. The Morgan fingerprint density at radius 2 is 1.94 bits per heavy atom. The average Bonchev–Trinajstić information content (AvgIpc) is 2.39. The van der Waals surface area contributed by atoms with Gasteiger partial charge >= 0.3 is 0 Å². The standard InChI is InChI=1S/C12H22ClNO3S/c13-8-12-9-17-7-6-14(12)18(15,16)10-11-4-2-1-3-5-11/h11-12H,1-10H2. The van der Waals surface area contributed by atoms with E-state index in [1.54, 1.807) is 4.31 Å². The van der Waals surface area contributed by atoms with Crippen LogP contribution in [0.4, 0.5) is 0 Å². The minimum atomic E-state index is -3.18. The highest BCUT2D eigenvalue weighted by atomic mass is 35.5. The van der Waals surface area contributed by atoms with Gasteiger partial charge < -0.3 is 4.74 Å². The zero-order valence-corrected chi connectivity index (χ0v) is 12.3. The lowest BCUT2D eigenvalue weighted by Gasteiger charge is -2.34. The smallest absolute Gasteiger partial charge is 0.214 e. The van der Waals surface area contributed by atoms with Crippen molar-refractivity contribution in [2.75, 3.05) is 31.4 Å². The molecule has 1 aliphatic carbocycles. The van der Waals surface area contributed by atoms with E-state index in [9.17, 15) is 8.42 Å². The molecule has 106 valence electrons. The van der Waals surface area contributed by atoms with Crippen LogP contribution in [0.5, 0.6) is 0 Å². The van der Waals surface area contributed by atoms with E-state index in [1.807, 2.05) is 0 Å². The zero-order valence-electron chi connectivity index (χ0n) is 10.7. The van der Waals surface area contributed by atoms with E-state index >= 15 is 0 Å². The molecule has 2 aliphatic rings. The minimum absolute atomic E-state index is 0.186. The Hall–Kier alpha value is 0.160. The molecular weight excluding hydrogens is 274 g/mol. The van der Waals surface area contributed by atoms with Gasteiger partial charge in [0.05, 0.1) is 25.0 Å².